The Hall–Kier alpha value is -1.06. The topological polar surface area (TPSA) is 41.6 Å². The van der Waals surface area contributed by atoms with Gasteiger partial charge in [-0.25, -0.2) is 0 Å². The zero-order valence-electron chi connectivity index (χ0n) is 12.0. The van der Waals surface area contributed by atoms with Gasteiger partial charge in [-0.15, -0.1) is 5.06 Å². The van der Waals surface area contributed by atoms with E-state index in [0.29, 0.717) is 6.04 Å². The number of nitrogen functional groups attached to an aromatic ring is 1. The van der Waals surface area contributed by atoms with E-state index in [-0.39, 0.29) is 6.23 Å². The molecule has 1 saturated heterocycles. The molecule has 3 heteroatoms. The largest absolute Gasteiger partial charge is 0.399 e. The fourth-order valence-corrected chi connectivity index (χ4v) is 4.43. The molecule has 3 fully saturated rings. The Kier molecular flexibility index (Phi) is 3.20. The van der Waals surface area contributed by atoms with Gasteiger partial charge in [0.25, 0.3) is 0 Å². The first-order valence-electron chi connectivity index (χ1n) is 8.13. The van der Waals surface area contributed by atoms with Crippen molar-refractivity contribution >= 4 is 5.69 Å². The van der Waals surface area contributed by atoms with Gasteiger partial charge < -0.3 is 5.73 Å². The summed E-state index contributed by atoms with van der Waals surface area (Å²) in [6, 6.07) is 8.79. The van der Waals surface area contributed by atoms with E-state index in [0.717, 1.165) is 17.5 Å². The average molecular weight is 272 g/mol. The van der Waals surface area contributed by atoms with Gasteiger partial charge in [-0.05, 0) is 42.4 Å². The molecule has 0 bridgehead atoms. The predicted molar refractivity (Wildman–Crippen MR) is 79.6 cm³/mol. The van der Waals surface area contributed by atoms with Crippen molar-refractivity contribution < 1.29 is 4.84 Å². The summed E-state index contributed by atoms with van der Waals surface area (Å²) in [5.41, 5.74) is 7.83. The fourth-order valence-electron chi connectivity index (χ4n) is 4.43. The van der Waals surface area contributed by atoms with Crippen LogP contribution >= 0.6 is 0 Å². The Labute approximate surface area is 121 Å². The van der Waals surface area contributed by atoms with Crippen LogP contribution in [0.3, 0.4) is 0 Å². The molecule has 3 nitrogen and oxygen atoms in total. The van der Waals surface area contributed by atoms with Crippen molar-refractivity contribution in [3.05, 3.63) is 29.8 Å². The summed E-state index contributed by atoms with van der Waals surface area (Å²) in [5, 5.41) is 2.27. The molecular weight excluding hydrogens is 248 g/mol. The van der Waals surface area contributed by atoms with Gasteiger partial charge in [0, 0.05) is 11.7 Å². The highest BCUT2D eigenvalue weighted by Gasteiger charge is 2.49. The molecule has 1 heterocycles. The Bertz CT molecular complexity index is 470. The van der Waals surface area contributed by atoms with Crippen LogP contribution < -0.4 is 5.73 Å². The second-order valence-electron chi connectivity index (χ2n) is 6.69. The second kappa shape index (κ2) is 5.05. The molecule has 108 valence electrons. The van der Waals surface area contributed by atoms with E-state index in [1.54, 1.807) is 0 Å². The van der Waals surface area contributed by atoms with Gasteiger partial charge in [0.2, 0.25) is 0 Å². The standard InChI is InChI=1S/C17H24N2O/c18-14-10-8-13(9-11-14)17-19(20-17)16-7-3-5-12-4-1-2-6-15(12)16/h8-12,15-17H,1-7,18H2. The maximum Gasteiger partial charge on any atom is 0.180 e. The Balaban J connectivity index is 1.47. The van der Waals surface area contributed by atoms with E-state index in [1.807, 2.05) is 12.1 Å². The van der Waals surface area contributed by atoms with E-state index in [2.05, 4.69) is 17.2 Å². The molecule has 2 saturated carbocycles. The third kappa shape index (κ3) is 2.23. The van der Waals surface area contributed by atoms with Crippen LogP contribution in [-0.4, -0.2) is 11.1 Å². The SMILES string of the molecule is Nc1ccc(C2ON2C2CCCC3CCCCC32)cc1. The smallest absolute Gasteiger partial charge is 0.180 e. The number of hydrogen-bond acceptors (Lipinski definition) is 3. The van der Waals surface area contributed by atoms with E-state index in [1.165, 1.54) is 50.5 Å². The predicted octanol–water partition coefficient (Wildman–Crippen LogP) is 3.87. The van der Waals surface area contributed by atoms with E-state index >= 15 is 0 Å². The van der Waals surface area contributed by atoms with Gasteiger partial charge in [0.1, 0.15) is 0 Å². The molecule has 20 heavy (non-hydrogen) atoms. The van der Waals surface area contributed by atoms with Gasteiger partial charge in [-0.1, -0.05) is 44.2 Å². The molecular formula is C17H24N2O. The Morgan fingerprint density at radius 1 is 0.950 bits per heavy atom. The summed E-state index contributed by atoms with van der Waals surface area (Å²) in [5.74, 6) is 1.83. The maximum absolute atomic E-state index is 5.92. The molecule has 0 spiro atoms. The van der Waals surface area contributed by atoms with Crippen molar-refractivity contribution in [1.82, 2.24) is 5.06 Å². The molecule has 3 aliphatic rings. The van der Waals surface area contributed by atoms with Gasteiger partial charge in [0.05, 0.1) is 0 Å². The van der Waals surface area contributed by atoms with Crippen LogP contribution in [0, 0.1) is 11.8 Å². The zero-order valence-corrected chi connectivity index (χ0v) is 12.0. The number of nitrogens with two attached hydrogens (primary N) is 1. The lowest BCUT2D eigenvalue weighted by atomic mass is 9.68. The highest BCUT2D eigenvalue weighted by molar-refractivity contribution is 5.40. The van der Waals surface area contributed by atoms with Gasteiger partial charge in [-0.2, -0.15) is 0 Å². The van der Waals surface area contributed by atoms with Crippen molar-refractivity contribution in [1.29, 1.82) is 0 Å². The summed E-state index contributed by atoms with van der Waals surface area (Å²) in [7, 11) is 0. The molecule has 0 aromatic heterocycles. The molecule has 1 aromatic carbocycles. The normalized spacial score (nSPS) is 40.1. The summed E-state index contributed by atoms with van der Waals surface area (Å²) < 4.78 is 0. The number of benzene rings is 1. The van der Waals surface area contributed by atoms with Crippen LogP contribution in [0.2, 0.25) is 0 Å². The van der Waals surface area contributed by atoms with Crippen molar-refractivity contribution in [2.45, 2.75) is 57.2 Å². The molecule has 1 aliphatic heterocycles. The number of hydrogen-bond donors (Lipinski definition) is 1. The van der Waals surface area contributed by atoms with Crippen LogP contribution in [-0.2, 0) is 4.84 Å². The minimum absolute atomic E-state index is 0.182. The number of nitrogens with zero attached hydrogens (tertiary/aromatic N) is 1. The van der Waals surface area contributed by atoms with Crippen molar-refractivity contribution in [2.75, 3.05) is 5.73 Å². The van der Waals surface area contributed by atoms with Crippen molar-refractivity contribution in [2.24, 2.45) is 11.8 Å². The van der Waals surface area contributed by atoms with E-state index in [4.69, 9.17) is 10.6 Å². The van der Waals surface area contributed by atoms with E-state index < -0.39 is 0 Å². The number of fused-ring (bicyclic) bond motifs is 1. The fraction of sp³-hybridized carbons (Fsp3) is 0.647. The summed E-state index contributed by atoms with van der Waals surface area (Å²) in [6.45, 7) is 0. The third-order valence-corrected chi connectivity index (χ3v) is 5.49. The highest BCUT2D eigenvalue weighted by atomic mass is 16.8. The molecule has 5 atom stereocenters. The summed E-state index contributed by atoms with van der Waals surface area (Å²) >= 11 is 0. The van der Waals surface area contributed by atoms with Crippen molar-refractivity contribution in [3.8, 4) is 0 Å². The van der Waals surface area contributed by atoms with Crippen LogP contribution in [0.25, 0.3) is 0 Å². The molecule has 1 aromatic rings. The highest BCUT2D eigenvalue weighted by Crippen LogP contribution is 2.49. The lowest BCUT2D eigenvalue weighted by molar-refractivity contribution is 0.0284. The maximum atomic E-state index is 5.92. The van der Waals surface area contributed by atoms with Crippen molar-refractivity contribution in [3.63, 3.8) is 0 Å². The Morgan fingerprint density at radius 3 is 2.55 bits per heavy atom. The molecule has 2 aliphatic carbocycles. The number of rotatable bonds is 2. The monoisotopic (exact) mass is 272 g/mol. The first-order valence-corrected chi connectivity index (χ1v) is 8.13. The van der Waals surface area contributed by atoms with Crippen LogP contribution in [0.15, 0.2) is 24.3 Å². The average Bonchev–Trinajstić information content (AvgIpc) is 3.28. The van der Waals surface area contributed by atoms with E-state index in [9.17, 15) is 0 Å². The molecule has 0 radical (unpaired) electrons. The number of hydroxylamine groups is 2. The molecule has 2 N–H and O–H groups in total. The molecule has 0 amide bonds. The minimum Gasteiger partial charge on any atom is -0.399 e. The quantitative estimate of drug-likeness (QED) is 0.656. The van der Waals surface area contributed by atoms with Gasteiger partial charge >= 0.3 is 0 Å². The zero-order chi connectivity index (χ0) is 13.5. The third-order valence-electron chi connectivity index (χ3n) is 5.49. The lowest BCUT2D eigenvalue weighted by Gasteiger charge is -2.41. The Morgan fingerprint density at radius 2 is 1.70 bits per heavy atom. The van der Waals surface area contributed by atoms with Crippen LogP contribution in [0.5, 0.6) is 0 Å². The lowest BCUT2D eigenvalue weighted by Crippen LogP contribution is -2.39. The first kappa shape index (κ1) is 12.7. The summed E-state index contributed by atoms with van der Waals surface area (Å²) in [4.78, 5) is 5.92. The summed E-state index contributed by atoms with van der Waals surface area (Å²) in [6.07, 6.45) is 10.0. The van der Waals surface area contributed by atoms with Crippen LogP contribution in [0.1, 0.15) is 56.7 Å². The minimum atomic E-state index is 0.182. The second-order valence-corrected chi connectivity index (χ2v) is 6.69. The van der Waals surface area contributed by atoms with Gasteiger partial charge in [0.15, 0.2) is 6.23 Å². The van der Waals surface area contributed by atoms with Gasteiger partial charge in [-0.3, -0.25) is 4.84 Å². The first-order chi connectivity index (χ1) is 9.83. The molecule has 5 unspecified atom stereocenters. The molecule has 4 rings (SSSR count). The number of anilines is 1. The van der Waals surface area contributed by atoms with Crippen LogP contribution in [0.4, 0.5) is 5.69 Å².